The molecule has 0 radical (unpaired) electrons. The standard InChI is InChI=1S/C26H43N3O4S/c1-17-16-27(26(31)19-6-4-7-19)25-15-21(10-12-24(25)29(17)18(2)30)20-9-11-23-22(14-20)8-5-13-28(23)34(3,32)33/h17,19-25H,4-16H2,1-3H3. The second-order valence-electron chi connectivity index (χ2n) is 12.0. The maximum absolute atomic E-state index is 13.4. The second-order valence-corrected chi connectivity index (χ2v) is 14.0. The van der Waals surface area contributed by atoms with E-state index in [-0.39, 0.29) is 36.0 Å². The van der Waals surface area contributed by atoms with Gasteiger partial charge in [-0.2, -0.15) is 4.31 Å². The third-order valence-electron chi connectivity index (χ3n) is 10.0. The van der Waals surface area contributed by atoms with Gasteiger partial charge in [-0.1, -0.05) is 6.42 Å². The van der Waals surface area contributed by atoms with Gasteiger partial charge in [0.25, 0.3) is 0 Å². The van der Waals surface area contributed by atoms with Crippen LogP contribution in [0.3, 0.4) is 0 Å². The topological polar surface area (TPSA) is 78.0 Å². The van der Waals surface area contributed by atoms with E-state index in [4.69, 9.17) is 0 Å². The molecule has 0 spiro atoms. The summed E-state index contributed by atoms with van der Waals surface area (Å²) in [6.07, 6.45) is 12.9. The van der Waals surface area contributed by atoms with Gasteiger partial charge in [-0.05, 0) is 88.9 Å². The number of amides is 2. The van der Waals surface area contributed by atoms with E-state index in [9.17, 15) is 18.0 Å². The Kier molecular flexibility index (Phi) is 6.77. The van der Waals surface area contributed by atoms with E-state index in [0.29, 0.717) is 36.8 Å². The molecular formula is C26H43N3O4S. The molecule has 2 saturated heterocycles. The van der Waals surface area contributed by atoms with Crippen molar-refractivity contribution in [2.45, 2.75) is 109 Å². The third kappa shape index (κ3) is 4.42. The van der Waals surface area contributed by atoms with Crippen molar-refractivity contribution in [3.8, 4) is 0 Å². The van der Waals surface area contributed by atoms with E-state index < -0.39 is 10.0 Å². The summed E-state index contributed by atoms with van der Waals surface area (Å²) in [5.74, 6) is 2.30. The third-order valence-corrected chi connectivity index (χ3v) is 11.3. The minimum Gasteiger partial charge on any atom is -0.335 e. The van der Waals surface area contributed by atoms with Crippen molar-refractivity contribution in [1.29, 1.82) is 0 Å². The van der Waals surface area contributed by atoms with Crippen LogP contribution in [0.25, 0.3) is 0 Å². The molecule has 2 amide bonds. The first-order valence-electron chi connectivity index (χ1n) is 13.7. The number of fused-ring (bicyclic) bond motifs is 2. The lowest BCUT2D eigenvalue weighted by Crippen LogP contribution is -2.68. The van der Waals surface area contributed by atoms with Gasteiger partial charge in [0.05, 0.1) is 18.3 Å². The van der Waals surface area contributed by atoms with Crippen LogP contribution in [-0.4, -0.2) is 77.8 Å². The van der Waals surface area contributed by atoms with Crippen molar-refractivity contribution in [2.24, 2.45) is 23.7 Å². The summed E-state index contributed by atoms with van der Waals surface area (Å²) in [5.41, 5.74) is 0. The fraction of sp³-hybridized carbons (Fsp3) is 0.923. The molecule has 8 heteroatoms. The maximum Gasteiger partial charge on any atom is 0.226 e. The number of sulfonamides is 1. The van der Waals surface area contributed by atoms with Crippen LogP contribution in [0.4, 0.5) is 0 Å². The zero-order valence-corrected chi connectivity index (χ0v) is 22.0. The van der Waals surface area contributed by atoms with Gasteiger partial charge in [0, 0.05) is 38.0 Å². The summed E-state index contributed by atoms with van der Waals surface area (Å²) in [6.45, 7) is 5.13. The number of hydrogen-bond acceptors (Lipinski definition) is 4. The van der Waals surface area contributed by atoms with Crippen molar-refractivity contribution >= 4 is 21.8 Å². The van der Waals surface area contributed by atoms with Crippen molar-refractivity contribution in [3.63, 3.8) is 0 Å². The Bertz CT molecular complexity index is 904. The Labute approximate surface area is 205 Å². The van der Waals surface area contributed by atoms with Crippen LogP contribution in [0.2, 0.25) is 0 Å². The first-order chi connectivity index (χ1) is 16.1. The smallest absolute Gasteiger partial charge is 0.226 e. The van der Waals surface area contributed by atoms with E-state index >= 15 is 0 Å². The highest BCUT2D eigenvalue weighted by Gasteiger charge is 2.50. The van der Waals surface area contributed by atoms with E-state index in [0.717, 1.165) is 70.6 Å². The van der Waals surface area contributed by atoms with Crippen molar-refractivity contribution in [3.05, 3.63) is 0 Å². The van der Waals surface area contributed by atoms with Crippen LogP contribution in [-0.2, 0) is 19.6 Å². The lowest BCUT2D eigenvalue weighted by Gasteiger charge is -2.56. The number of nitrogens with zero attached hydrogens (tertiary/aromatic N) is 3. The molecule has 5 aliphatic rings. The Hall–Kier alpha value is -1.15. The quantitative estimate of drug-likeness (QED) is 0.605. The molecule has 3 saturated carbocycles. The summed E-state index contributed by atoms with van der Waals surface area (Å²) in [4.78, 5) is 30.2. The highest BCUT2D eigenvalue weighted by atomic mass is 32.2. The number of carbonyl (C=O) groups is 2. The normalized spacial score (nSPS) is 39.7. The number of hydrogen-bond donors (Lipinski definition) is 0. The lowest BCUT2D eigenvalue weighted by atomic mass is 9.65. The van der Waals surface area contributed by atoms with Crippen LogP contribution >= 0.6 is 0 Å². The molecule has 192 valence electrons. The molecule has 0 aromatic rings. The second kappa shape index (κ2) is 9.38. The summed E-state index contributed by atoms with van der Waals surface area (Å²) in [5, 5.41) is 0. The molecule has 3 aliphatic carbocycles. The van der Waals surface area contributed by atoms with Gasteiger partial charge in [-0.15, -0.1) is 0 Å². The molecule has 5 rings (SSSR count). The fourth-order valence-corrected chi connectivity index (χ4v) is 9.49. The molecule has 7 nitrogen and oxygen atoms in total. The molecule has 0 bridgehead atoms. The number of carbonyl (C=O) groups excluding carboxylic acids is 2. The molecule has 2 aliphatic heterocycles. The van der Waals surface area contributed by atoms with E-state index in [1.165, 1.54) is 6.26 Å². The van der Waals surface area contributed by atoms with Gasteiger partial charge >= 0.3 is 0 Å². The van der Waals surface area contributed by atoms with Gasteiger partial charge in [0.15, 0.2) is 0 Å². The molecule has 7 unspecified atom stereocenters. The number of rotatable bonds is 3. The van der Waals surface area contributed by atoms with E-state index in [2.05, 4.69) is 16.7 Å². The van der Waals surface area contributed by atoms with Gasteiger partial charge in [-0.3, -0.25) is 9.59 Å². The summed E-state index contributed by atoms with van der Waals surface area (Å²) in [6, 6.07) is 0.549. The van der Waals surface area contributed by atoms with Crippen LogP contribution < -0.4 is 0 Å². The molecular weight excluding hydrogens is 450 g/mol. The van der Waals surface area contributed by atoms with Gasteiger partial charge in [-0.25, -0.2) is 8.42 Å². The predicted octanol–water partition coefficient (Wildman–Crippen LogP) is 3.24. The monoisotopic (exact) mass is 493 g/mol. The average molecular weight is 494 g/mol. The van der Waals surface area contributed by atoms with E-state index in [1.54, 1.807) is 11.2 Å². The Morgan fingerprint density at radius 1 is 0.794 bits per heavy atom. The first kappa shape index (κ1) is 24.5. The zero-order chi connectivity index (χ0) is 24.2. The van der Waals surface area contributed by atoms with Gasteiger partial charge in [0.1, 0.15) is 0 Å². The fourth-order valence-electron chi connectivity index (χ4n) is 8.26. The van der Waals surface area contributed by atoms with Gasteiger partial charge in [0.2, 0.25) is 21.8 Å². The summed E-state index contributed by atoms with van der Waals surface area (Å²) < 4.78 is 26.4. The molecule has 0 aromatic carbocycles. The molecule has 0 N–H and O–H groups in total. The van der Waals surface area contributed by atoms with Crippen LogP contribution in [0.5, 0.6) is 0 Å². The average Bonchev–Trinajstić information content (AvgIpc) is 2.75. The van der Waals surface area contributed by atoms with Crippen LogP contribution in [0.15, 0.2) is 0 Å². The number of piperazine rings is 1. The highest BCUT2D eigenvalue weighted by molar-refractivity contribution is 7.88. The Morgan fingerprint density at radius 3 is 2.09 bits per heavy atom. The predicted molar refractivity (Wildman–Crippen MR) is 131 cm³/mol. The molecule has 34 heavy (non-hydrogen) atoms. The van der Waals surface area contributed by atoms with Crippen molar-refractivity contribution in [2.75, 3.05) is 19.3 Å². The first-order valence-corrected chi connectivity index (χ1v) is 15.6. The lowest BCUT2D eigenvalue weighted by molar-refractivity contribution is -0.159. The molecule has 7 atom stereocenters. The largest absolute Gasteiger partial charge is 0.335 e. The number of piperidine rings is 1. The Balaban J connectivity index is 1.31. The van der Waals surface area contributed by atoms with E-state index in [1.807, 2.05) is 0 Å². The molecule has 2 heterocycles. The highest BCUT2D eigenvalue weighted by Crippen LogP contribution is 2.47. The summed E-state index contributed by atoms with van der Waals surface area (Å²) >= 11 is 0. The Morgan fingerprint density at radius 2 is 1.47 bits per heavy atom. The van der Waals surface area contributed by atoms with Crippen LogP contribution in [0.1, 0.15) is 84.5 Å². The summed E-state index contributed by atoms with van der Waals surface area (Å²) in [7, 11) is -3.14. The van der Waals surface area contributed by atoms with Crippen LogP contribution in [0, 0.1) is 23.7 Å². The SMILES string of the molecule is CC(=O)N1C(C)CN(C(=O)C2CCC2)C2CC(C3CCC4C(CCCN4S(C)(=O)=O)C3)CCC21. The molecule has 5 fully saturated rings. The van der Waals surface area contributed by atoms with Crippen molar-refractivity contribution < 1.29 is 18.0 Å². The minimum atomic E-state index is -3.14. The molecule has 0 aromatic heterocycles. The van der Waals surface area contributed by atoms with Gasteiger partial charge < -0.3 is 9.80 Å². The maximum atomic E-state index is 13.4. The van der Waals surface area contributed by atoms with Crippen molar-refractivity contribution in [1.82, 2.24) is 14.1 Å². The zero-order valence-electron chi connectivity index (χ0n) is 21.2. The minimum absolute atomic E-state index is 0.0824.